The van der Waals surface area contributed by atoms with Crippen LogP contribution in [0.2, 0.25) is 0 Å². The van der Waals surface area contributed by atoms with E-state index < -0.39 is 0 Å². The number of rotatable bonds is 5. The molecule has 2 aromatic rings. The van der Waals surface area contributed by atoms with Crippen molar-refractivity contribution < 1.29 is 0 Å². The Labute approximate surface area is 127 Å². The highest BCUT2D eigenvalue weighted by molar-refractivity contribution is 9.10. The number of benzene rings is 2. The first-order valence-corrected chi connectivity index (χ1v) is 8.16. The first-order chi connectivity index (χ1) is 9.20. The summed E-state index contributed by atoms with van der Waals surface area (Å²) in [6.07, 6.45) is 0. The van der Waals surface area contributed by atoms with E-state index in [4.69, 9.17) is 5.73 Å². The lowest BCUT2D eigenvalue weighted by Gasteiger charge is -2.16. The molecule has 0 amide bonds. The molecule has 19 heavy (non-hydrogen) atoms. The number of nitrogens with two attached hydrogens (primary N) is 1. The Hall–Kier alpha value is -0.770. The first-order valence-electron chi connectivity index (χ1n) is 6.32. The minimum Gasteiger partial charge on any atom is -0.329 e. The average Bonchev–Trinajstić information content (AvgIpc) is 2.41. The molecule has 0 aliphatic heterocycles. The van der Waals surface area contributed by atoms with Gasteiger partial charge in [0.1, 0.15) is 0 Å². The maximum atomic E-state index is 5.93. The third-order valence-electron chi connectivity index (χ3n) is 3.00. The second-order valence-electron chi connectivity index (χ2n) is 4.55. The van der Waals surface area contributed by atoms with Gasteiger partial charge in [0.2, 0.25) is 0 Å². The third-order valence-corrected chi connectivity index (χ3v) is 5.07. The molecule has 2 rings (SSSR count). The fourth-order valence-corrected chi connectivity index (χ4v) is 3.83. The zero-order valence-electron chi connectivity index (χ0n) is 11.0. The van der Waals surface area contributed by atoms with Crippen molar-refractivity contribution in [2.45, 2.75) is 17.9 Å². The van der Waals surface area contributed by atoms with Gasteiger partial charge in [-0.15, -0.1) is 11.8 Å². The highest BCUT2D eigenvalue weighted by Crippen LogP contribution is 2.34. The van der Waals surface area contributed by atoms with Crippen LogP contribution in [-0.4, -0.2) is 6.54 Å². The summed E-state index contributed by atoms with van der Waals surface area (Å²) < 4.78 is 1.14. The van der Waals surface area contributed by atoms with Crippen molar-refractivity contribution in [3.05, 3.63) is 69.7 Å². The van der Waals surface area contributed by atoms with Gasteiger partial charge < -0.3 is 5.73 Å². The standard InChI is InChI=1S/C16H18BrNS/c1-12-5-4-6-13(9-12)11-19-16(10-18)14-7-2-3-8-15(14)17/h2-9,16H,10-11,18H2,1H3. The number of halogens is 1. The molecule has 2 N–H and O–H groups in total. The molecule has 0 saturated heterocycles. The molecule has 0 radical (unpaired) electrons. The Morgan fingerprint density at radius 1 is 1.16 bits per heavy atom. The van der Waals surface area contributed by atoms with Crippen molar-refractivity contribution in [3.63, 3.8) is 0 Å². The van der Waals surface area contributed by atoms with Crippen molar-refractivity contribution in [2.75, 3.05) is 6.54 Å². The second-order valence-corrected chi connectivity index (χ2v) is 6.59. The molecule has 0 spiro atoms. The summed E-state index contributed by atoms with van der Waals surface area (Å²) in [4.78, 5) is 0. The largest absolute Gasteiger partial charge is 0.329 e. The lowest BCUT2D eigenvalue weighted by atomic mass is 10.1. The highest BCUT2D eigenvalue weighted by Gasteiger charge is 2.13. The molecule has 0 fully saturated rings. The van der Waals surface area contributed by atoms with Gasteiger partial charge in [0.15, 0.2) is 0 Å². The molecule has 0 heterocycles. The lowest BCUT2D eigenvalue weighted by Crippen LogP contribution is -2.10. The molecule has 0 aromatic heterocycles. The van der Waals surface area contributed by atoms with Gasteiger partial charge >= 0.3 is 0 Å². The van der Waals surface area contributed by atoms with Crippen LogP contribution in [0, 0.1) is 6.92 Å². The molecule has 1 unspecified atom stereocenters. The van der Waals surface area contributed by atoms with Crippen LogP contribution in [0.1, 0.15) is 21.9 Å². The normalized spacial score (nSPS) is 12.4. The highest BCUT2D eigenvalue weighted by atomic mass is 79.9. The van der Waals surface area contributed by atoms with Gasteiger partial charge in [-0.3, -0.25) is 0 Å². The van der Waals surface area contributed by atoms with E-state index in [-0.39, 0.29) is 0 Å². The van der Waals surface area contributed by atoms with Crippen molar-refractivity contribution in [2.24, 2.45) is 5.73 Å². The van der Waals surface area contributed by atoms with Gasteiger partial charge in [-0.1, -0.05) is 64.0 Å². The van der Waals surface area contributed by atoms with Crippen LogP contribution >= 0.6 is 27.7 Å². The average molecular weight is 336 g/mol. The number of thioether (sulfide) groups is 1. The quantitative estimate of drug-likeness (QED) is 0.857. The van der Waals surface area contributed by atoms with Gasteiger partial charge in [-0.25, -0.2) is 0 Å². The predicted octanol–water partition coefficient (Wildman–Crippen LogP) is 4.69. The van der Waals surface area contributed by atoms with Crippen LogP contribution in [-0.2, 0) is 5.75 Å². The Morgan fingerprint density at radius 2 is 1.95 bits per heavy atom. The van der Waals surface area contributed by atoms with Crippen molar-refractivity contribution >= 4 is 27.7 Å². The van der Waals surface area contributed by atoms with E-state index in [1.165, 1.54) is 16.7 Å². The molecule has 100 valence electrons. The Bertz CT molecular complexity index is 542. The van der Waals surface area contributed by atoms with E-state index in [1.807, 2.05) is 17.8 Å². The molecule has 0 aliphatic rings. The molecule has 2 aromatic carbocycles. The summed E-state index contributed by atoms with van der Waals surface area (Å²) in [6, 6.07) is 17.0. The number of hydrogen-bond acceptors (Lipinski definition) is 2. The van der Waals surface area contributed by atoms with Gasteiger partial charge in [0.05, 0.1) is 0 Å². The van der Waals surface area contributed by atoms with E-state index in [0.29, 0.717) is 11.8 Å². The van der Waals surface area contributed by atoms with E-state index >= 15 is 0 Å². The fraction of sp³-hybridized carbons (Fsp3) is 0.250. The topological polar surface area (TPSA) is 26.0 Å². The smallest absolute Gasteiger partial charge is 0.0434 e. The second kappa shape index (κ2) is 7.13. The Kier molecular flexibility index (Phi) is 5.49. The van der Waals surface area contributed by atoms with Crippen molar-refractivity contribution in [1.82, 2.24) is 0 Å². The SMILES string of the molecule is Cc1cccc(CSC(CN)c2ccccc2Br)c1. The molecule has 1 nitrogen and oxygen atoms in total. The van der Waals surface area contributed by atoms with Gasteiger partial charge in [0.25, 0.3) is 0 Å². The van der Waals surface area contributed by atoms with Crippen LogP contribution in [0.15, 0.2) is 53.0 Å². The van der Waals surface area contributed by atoms with E-state index in [1.54, 1.807) is 0 Å². The van der Waals surface area contributed by atoms with Crippen LogP contribution in [0.5, 0.6) is 0 Å². The molecule has 0 aliphatic carbocycles. The number of hydrogen-bond donors (Lipinski definition) is 1. The van der Waals surface area contributed by atoms with Crippen LogP contribution in [0.25, 0.3) is 0 Å². The first kappa shape index (κ1) is 14.6. The maximum Gasteiger partial charge on any atom is 0.0434 e. The molecule has 1 atom stereocenters. The molecule has 0 bridgehead atoms. The zero-order valence-corrected chi connectivity index (χ0v) is 13.4. The summed E-state index contributed by atoms with van der Waals surface area (Å²) in [5.74, 6) is 0.991. The Morgan fingerprint density at radius 3 is 2.63 bits per heavy atom. The van der Waals surface area contributed by atoms with Gasteiger partial charge in [0, 0.05) is 22.0 Å². The van der Waals surface area contributed by atoms with Crippen LogP contribution in [0.4, 0.5) is 0 Å². The van der Waals surface area contributed by atoms with Crippen molar-refractivity contribution in [1.29, 1.82) is 0 Å². The van der Waals surface area contributed by atoms with Gasteiger partial charge in [-0.2, -0.15) is 0 Å². The van der Waals surface area contributed by atoms with Crippen LogP contribution < -0.4 is 5.73 Å². The predicted molar refractivity (Wildman–Crippen MR) is 88.4 cm³/mol. The van der Waals surface area contributed by atoms with E-state index in [0.717, 1.165) is 10.2 Å². The molecular weight excluding hydrogens is 318 g/mol. The van der Waals surface area contributed by atoms with Gasteiger partial charge in [-0.05, 0) is 24.1 Å². The van der Waals surface area contributed by atoms with Crippen molar-refractivity contribution in [3.8, 4) is 0 Å². The summed E-state index contributed by atoms with van der Waals surface area (Å²) >= 11 is 5.50. The molecule has 0 saturated carbocycles. The lowest BCUT2D eigenvalue weighted by molar-refractivity contribution is 0.935. The summed E-state index contributed by atoms with van der Waals surface area (Å²) in [7, 11) is 0. The minimum absolute atomic E-state index is 0.330. The Balaban J connectivity index is 2.06. The summed E-state index contributed by atoms with van der Waals surface area (Å²) in [6.45, 7) is 2.78. The number of aryl methyl sites for hydroxylation is 1. The fourth-order valence-electron chi connectivity index (χ4n) is 2.02. The monoisotopic (exact) mass is 335 g/mol. The van der Waals surface area contributed by atoms with E-state index in [9.17, 15) is 0 Å². The summed E-state index contributed by atoms with van der Waals surface area (Å²) in [5, 5.41) is 0.330. The van der Waals surface area contributed by atoms with Crippen LogP contribution in [0.3, 0.4) is 0 Å². The van der Waals surface area contributed by atoms with E-state index in [2.05, 4.69) is 65.3 Å². The third kappa shape index (κ3) is 4.10. The molecule has 3 heteroatoms. The summed E-state index contributed by atoms with van der Waals surface area (Å²) in [5.41, 5.74) is 9.87. The minimum atomic E-state index is 0.330. The maximum absolute atomic E-state index is 5.93. The zero-order chi connectivity index (χ0) is 13.7. The molecular formula is C16H18BrNS.